The van der Waals surface area contributed by atoms with Crippen LogP contribution in [0.4, 0.5) is 11.5 Å². The molecule has 1 unspecified atom stereocenters. The van der Waals surface area contributed by atoms with E-state index in [1.807, 2.05) is 6.08 Å². The van der Waals surface area contributed by atoms with Gasteiger partial charge in [0.25, 0.3) is 0 Å². The van der Waals surface area contributed by atoms with Gasteiger partial charge in [-0.3, -0.25) is 5.10 Å². The molecule has 2 aliphatic heterocycles. The zero-order valence-corrected chi connectivity index (χ0v) is 18.3. The molecular formula is C24H33N7. The molecule has 164 valence electrons. The molecule has 2 aromatic rings. The first-order valence-electron chi connectivity index (χ1n) is 11.6. The minimum Gasteiger partial charge on any atom is -0.350 e. The molecule has 1 aromatic heterocycles. The lowest BCUT2D eigenvalue weighted by Crippen LogP contribution is -2.38. The second-order valence-corrected chi connectivity index (χ2v) is 8.99. The summed E-state index contributed by atoms with van der Waals surface area (Å²) in [5.41, 5.74) is 4.73. The molecule has 1 saturated heterocycles. The predicted octanol–water partition coefficient (Wildman–Crippen LogP) is 4.03. The Morgan fingerprint density at radius 3 is 2.68 bits per heavy atom. The number of amidine groups is 1. The highest BCUT2D eigenvalue weighted by Gasteiger charge is 2.25. The van der Waals surface area contributed by atoms with Crippen LogP contribution in [0.1, 0.15) is 56.2 Å². The Labute approximate surface area is 184 Å². The van der Waals surface area contributed by atoms with Crippen molar-refractivity contribution >= 4 is 17.3 Å². The minimum absolute atomic E-state index is 0.214. The number of hydrogen-bond donors (Lipinski definition) is 4. The smallest absolute Gasteiger partial charge is 0.196 e. The van der Waals surface area contributed by atoms with Crippen LogP contribution < -0.4 is 16.0 Å². The van der Waals surface area contributed by atoms with E-state index in [2.05, 4.69) is 68.3 Å². The molecule has 0 spiro atoms. The van der Waals surface area contributed by atoms with Crippen molar-refractivity contribution < 1.29 is 0 Å². The Bertz CT molecular complexity index is 933. The highest BCUT2D eigenvalue weighted by molar-refractivity contribution is 6.04. The second-order valence-electron chi connectivity index (χ2n) is 8.99. The predicted molar refractivity (Wildman–Crippen MR) is 126 cm³/mol. The van der Waals surface area contributed by atoms with E-state index in [1.54, 1.807) is 0 Å². The van der Waals surface area contributed by atoms with Gasteiger partial charge in [0.2, 0.25) is 0 Å². The molecule has 0 radical (unpaired) electrons. The van der Waals surface area contributed by atoms with Gasteiger partial charge in [-0.05, 0) is 75.9 Å². The van der Waals surface area contributed by atoms with Crippen molar-refractivity contribution in [2.24, 2.45) is 4.99 Å². The maximum atomic E-state index is 4.76. The molecule has 5 rings (SSSR count). The highest BCUT2D eigenvalue weighted by atomic mass is 15.3. The first-order valence-corrected chi connectivity index (χ1v) is 11.6. The number of aromatic amines is 1. The van der Waals surface area contributed by atoms with Gasteiger partial charge in [-0.1, -0.05) is 18.6 Å². The third kappa shape index (κ3) is 5.47. The van der Waals surface area contributed by atoms with Gasteiger partial charge in [0.1, 0.15) is 5.84 Å². The number of allylic oxidation sites excluding steroid dienone is 1. The standard InChI is InChI=1S/C24H33N7/c1-17-15-22(27-23-16-21(29-30-23)19-7-8-19)28-24(25-17)26-20-9-5-18(6-10-20)11-14-31-12-3-2-4-13-31/h5-6,9-10,15-16,19,24-26H,2-4,7-8,11-14H2,1H3,(H2,27,28,29,30). The molecule has 3 aliphatic rings. The number of aliphatic imine (C=N–C) groups is 1. The van der Waals surface area contributed by atoms with E-state index >= 15 is 0 Å². The quantitative estimate of drug-likeness (QED) is 0.545. The Morgan fingerprint density at radius 1 is 1.10 bits per heavy atom. The van der Waals surface area contributed by atoms with Crippen molar-refractivity contribution in [3.8, 4) is 0 Å². The van der Waals surface area contributed by atoms with E-state index in [1.165, 1.54) is 56.5 Å². The molecule has 4 N–H and O–H groups in total. The first-order chi connectivity index (χ1) is 15.2. The number of nitrogens with one attached hydrogen (secondary N) is 4. The lowest BCUT2D eigenvalue weighted by atomic mass is 10.1. The number of nitrogens with zero attached hydrogens (tertiary/aromatic N) is 3. The third-order valence-electron chi connectivity index (χ3n) is 6.28. The number of piperidine rings is 1. The highest BCUT2D eigenvalue weighted by Crippen LogP contribution is 2.39. The summed E-state index contributed by atoms with van der Waals surface area (Å²) in [7, 11) is 0. The molecule has 0 bridgehead atoms. The topological polar surface area (TPSA) is 80.4 Å². The number of rotatable bonds is 7. The van der Waals surface area contributed by atoms with Crippen LogP contribution in [0.5, 0.6) is 0 Å². The summed E-state index contributed by atoms with van der Waals surface area (Å²) in [6.45, 7) is 5.73. The molecule has 1 atom stereocenters. The summed E-state index contributed by atoms with van der Waals surface area (Å²) < 4.78 is 0. The number of anilines is 2. The van der Waals surface area contributed by atoms with Crippen molar-refractivity contribution in [2.75, 3.05) is 30.3 Å². The number of aromatic nitrogens is 2. The number of hydrogen-bond acceptors (Lipinski definition) is 6. The van der Waals surface area contributed by atoms with Crippen molar-refractivity contribution in [2.45, 2.75) is 57.7 Å². The molecule has 1 aromatic carbocycles. The fourth-order valence-corrected chi connectivity index (χ4v) is 4.34. The molecule has 3 heterocycles. The molecule has 1 aliphatic carbocycles. The van der Waals surface area contributed by atoms with Crippen molar-refractivity contribution in [3.05, 3.63) is 53.4 Å². The summed E-state index contributed by atoms with van der Waals surface area (Å²) in [4.78, 5) is 7.35. The first kappa shape index (κ1) is 20.1. The zero-order chi connectivity index (χ0) is 21.0. The van der Waals surface area contributed by atoms with Gasteiger partial charge in [0, 0.05) is 35.6 Å². The lowest BCUT2D eigenvalue weighted by molar-refractivity contribution is 0.231. The third-order valence-corrected chi connectivity index (χ3v) is 6.28. The van der Waals surface area contributed by atoms with Crippen LogP contribution in [0, 0.1) is 0 Å². The van der Waals surface area contributed by atoms with E-state index in [4.69, 9.17) is 4.99 Å². The summed E-state index contributed by atoms with van der Waals surface area (Å²) >= 11 is 0. The van der Waals surface area contributed by atoms with Gasteiger partial charge >= 0.3 is 0 Å². The van der Waals surface area contributed by atoms with E-state index in [-0.39, 0.29) is 6.29 Å². The molecule has 1 saturated carbocycles. The Balaban J connectivity index is 1.16. The summed E-state index contributed by atoms with van der Waals surface area (Å²) in [5, 5.41) is 17.7. The monoisotopic (exact) mass is 419 g/mol. The van der Waals surface area contributed by atoms with Gasteiger partial charge in [-0.25, -0.2) is 4.99 Å². The second kappa shape index (κ2) is 9.14. The molecule has 7 nitrogen and oxygen atoms in total. The fraction of sp³-hybridized carbons (Fsp3) is 0.500. The number of benzene rings is 1. The van der Waals surface area contributed by atoms with Crippen LogP contribution in [0.2, 0.25) is 0 Å². The number of likely N-dealkylation sites (tertiary alicyclic amines) is 1. The number of H-pyrrole nitrogens is 1. The van der Waals surface area contributed by atoms with Crippen LogP contribution in [-0.2, 0) is 6.42 Å². The van der Waals surface area contributed by atoms with Crippen LogP contribution in [0.25, 0.3) is 0 Å². The average Bonchev–Trinajstić information content (AvgIpc) is 3.53. The molecule has 2 fully saturated rings. The van der Waals surface area contributed by atoms with Gasteiger partial charge in [-0.15, -0.1) is 0 Å². The van der Waals surface area contributed by atoms with Crippen LogP contribution >= 0.6 is 0 Å². The molecule has 31 heavy (non-hydrogen) atoms. The van der Waals surface area contributed by atoms with Gasteiger partial charge < -0.3 is 20.9 Å². The van der Waals surface area contributed by atoms with Crippen LogP contribution in [0.3, 0.4) is 0 Å². The van der Waals surface area contributed by atoms with Crippen molar-refractivity contribution in [3.63, 3.8) is 0 Å². The van der Waals surface area contributed by atoms with Crippen molar-refractivity contribution in [1.29, 1.82) is 0 Å². The molecule has 7 heteroatoms. The maximum absolute atomic E-state index is 4.76. The Morgan fingerprint density at radius 2 is 1.90 bits per heavy atom. The summed E-state index contributed by atoms with van der Waals surface area (Å²) in [5.74, 6) is 2.29. The van der Waals surface area contributed by atoms with Gasteiger partial charge in [-0.2, -0.15) is 5.10 Å². The van der Waals surface area contributed by atoms with E-state index < -0.39 is 0 Å². The lowest BCUT2D eigenvalue weighted by Gasteiger charge is -2.26. The van der Waals surface area contributed by atoms with E-state index in [0.29, 0.717) is 5.92 Å². The molecular weight excluding hydrogens is 386 g/mol. The van der Waals surface area contributed by atoms with Crippen LogP contribution in [0.15, 0.2) is 47.1 Å². The zero-order valence-electron chi connectivity index (χ0n) is 18.3. The largest absolute Gasteiger partial charge is 0.350 e. The minimum atomic E-state index is -0.214. The Hall–Kier alpha value is -2.80. The Kier molecular flexibility index (Phi) is 5.93. The van der Waals surface area contributed by atoms with Crippen molar-refractivity contribution in [1.82, 2.24) is 20.4 Å². The fourth-order valence-electron chi connectivity index (χ4n) is 4.34. The summed E-state index contributed by atoms with van der Waals surface area (Å²) in [6.07, 6.45) is 9.52. The van der Waals surface area contributed by atoms with Gasteiger partial charge in [0.15, 0.2) is 12.1 Å². The summed E-state index contributed by atoms with van der Waals surface area (Å²) in [6, 6.07) is 10.8. The van der Waals surface area contributed by atoms with Gasteiger partial charge in [0.05, 0.1) is 0 Å². The van der Waals surface area contributed by atoms with E-state index in [0.717, 1.165) is 36.0 Å². The maximum Gasteiger partial charge on any atom is 0.196 e. The van der Waals surface area contributed by atoms with Crippen LogP contribution in [-0.4, -0.2) is 46.9 Å². The normalized spacial score (nSPS) is 21.8. The molecule has 0 amide bonds. The average molecular weight is 420 g/mol. The van der Waals surface area contributed by atoms with E-state index in [9.17, 15) is 0 Å². The SMILES string of the molecule is CC1=CC(Nc2cc(C3CC3)[nH]n2)=NC(Nc2ccc(CCN3CCCCC3)cc2)N1.